The van der Waals surface area contributed by atoms with Crippen molar-refractivity contribution in [1.29, 1.82) is 0 Å². The monoisotopic (exact) mass is 640 g/mol. The number of aromatic hydroxyl groups is 4. The van der Waals surface area contributed by atoms with Crippen molar-refractivity contribution in [2.75, 3.05) is 19.8 Å². The summed E-state index contributed by atoms with van der Waals surface area (Å²) in [6.07, 6.45) is -14.0. The minimum absolute atomic E-state index is 0.108. The highest BCUT2D eigenvalue weighted by atomic mass is 16.7. The van der Waals surface area contributed by atoms with Gasteiger partial charge in [0.2, 0.25) is 0 Å². The molecule has 16 nitrogen and oxygen atoms in total. The van der Waals surface area contributed by atoms with Crippen LogP contribution in [0.4, 0.5) is 0 Å². The van der Waals surface area contributed by atoms with Gasteiger partial charge in [-0.25, -0.2) is 4.79 Å². The fourth-order valence-electron chi connectivity index (χ4n) is 4.81. The second-order valence-corrected chi connectivity index (χ2v) is 10.4. The van der Waals surface area contributed by atoms with Crippen LogP contribution in [0.5, 0.6) is 23.0 Å². The first kappa shape index (κ1) is 34.3. The van der Waals surface area contributed by atoms with Crippen LogP contribution in [0.15, 0.2) is 42.5 Å². The molecule has 2 aliphatic rings. The zero-order valence-corrected chi connectivity index (χ0v) is 23.6. The SMILES string of the molecule is O=C(/C=C/c1ccc(O)c(O)c1)O[C@@H]1[C@@H](O[C@H]2O[C@@H](CO)[C@H](O)[C@@H](O)[C@@H]2O)[C@H](O)[C@@H](OCCc2ccc(O)c(O)c2)O[C@H]1CO. The third-order valence-electron chi connectivity index (χ3n) is 7.31. The minimum Gasteiger partial charge on any atom is -0.504 e. The van der Waals surface area contributed by atoms with Crippen molar-refractivity contribution in [1.82, 2.24) is 0 Å². The second kappa shape index (κ2) is 15.2. The van der Waals surface area contributed by atoms with E-state index in [9.17, 15) is 55.9 Å². The third-order valence-corrected chi connectivity index (χ3v) is 7.31. The maximum atomic E-state index is 12.8. The lowest BCUT2D eigenvalue weighted by Crippen LogP contribution is -2.65. The molecule has 16 heteroatoms. The molecule has 0 bridgehead atoms. The number of hydrogen-bond acceptors (Lipinski definition) is 16. The van der Waals surface area contributed by atoms with Crippen molar-refractivity contribution in [3.8, 4) is 23.0 Å². The average Bonchev–Trinajstić information content (AvgIpc) is 3.02. The lowest BCUT2D eigenvalue weighted by Gasteiger charge is -2.46. The number of esters is 1. The first-order valence-electron chi connectivity index (χ1n) is 13.9. The lowest BCUT2D eigenvalue weighted by atomic mass is 9.96. The highest BCUT2D eigenvalue weighted by molar-refractivity contribution is 5.87. The molecule has 4 rings (SSSR count). The Balaban J connectivity index is 1.53. The molecule has 0 spiro atoms. The van der Waals surface area contributed by atoms with Crippen LogP contribution in [0.3, 0.4) is 0 Å². The topological polar surface area (TPSA) is 266 Å². The van der Waals surface area contributed by atoms with E-state index in [0.717, 1.165) is 6.08 Å². The minimum atomic E-state index is -1.88. The number of aliphatic hydroxyl groups excluding tert-OH is 6. The van der Waals surface area contributed by atoms with E-state index in [1.165, 1.54) is 42.5 Å². The summed E-state index contributed by atoms with van der Waals surface area (Å²) in [4.78, 5) is 12.8. The summed E-state index contributed by atoms with van der Waals surface area (Å²) in [6.45, 7) is -1.65. The molecule has 10 N–H and O–H groups in total. The molecule has 0 aromatic heterocycles. The zero-order valence-electron chi connectivity index (χ0n) is 23.6. The van der Waals surface area contributed by atoms with Crippen LogP contribution >= 0.6 is 0 Å². The average molecular weight is 641 g/mol. The van der Waals surface area contributed by atoms with E-state index in [-0.39, 0.29) is 30.3 Å². The smallest absolute Gasteiger partial charge is 0.331 e. The molecule has 45 heavy (non-hydrogen) atoms. The molecular weight excluding hydrogens is 604 g/mol. The molecule has 2 fully saturated rings. The van der Waals surface area contributed by atoms with Crippen LogP contribution in [0.25, 0.3) is 6.08 Å². The van der Waals surface area contributed by atoms with Crippen LogP contribution in [-0.4, -0.2) is 138 Å². The van der Waals surface area contributed by atoms with Gasteiger partial charge in [0.25, 0.3) is 0 Å². The van der Waals surface area contributed by atoms with Crippen LogP contribution in [0.1, 0.15) is 11.1 Å². The van der Waals surface area contributed by atoms with E-state index >= 15 is 0 Å². The summed E-state index contributed by atoms with van der Waals surface area (Å²) in [5.74, 6) is -2.50. The molecule has 2 aliphatic heterocycles. The van der Waals surface area contributed by atoms with Gasteiger partial charge >= 0.3 is 5.97 Å². The number of rotatable bonds is 11. The van der Waals surface area contributed by atoms with Crippen LogP contribution in [-0.2, 0) is 34.9 Å². The van der Waals surface area contributed by atoms with Gasteiger partial charge in [0, 0.05) is 6.08 Å². The van der Waals surface area contributed by atoms with Gasteiger partial charge in [-0.05, 0) is 47.9 Å². The molecule has 0 unspecified atom stereocenters. The van der Waals surface area contributed by atoms with Crippen molar-refractivity contribution < 1.29 is 79.5 Å². The van der Waals surface area contributed by atoms with E-state index in [1.54, 1.807) is 0 Å². The molecule has 0 saturated carbocycles. The fourth-order valence-corrected chi connectivity index (χ4v) is 4.81. The molecule has 0 radical (unpaired) electrons. The van der Waals surface area contributed by atoms with Crippen molar-refractivity contribution >= 4 is 12.0 Å². The number of carbonyl (C=O) groups is 1. The second-order valence-electron chi connectivity index (χ2n) is 10.4. The normalized spacial score (nSPS) is 32.0. The molecular formula is C29H36O16. The Morgan fingerprint density at radius 1 is 0.733 bits per heavy atom. The van der Waals surface area contributed by atoms with Gasteiger partial charge < -0.3 is 74.7 Å². The standard InChI is InChI=1S/C29H36O16/c30-11-19-22(37)23(38)24(39)29(42-19)45-27-25(40)28(41-8-7-14-2-5-16(33)18(35)10-14)43-20(12-31)26(27)44-21(36)6-3-13-1-4-15(32)17(34)9-13/h1-6,9-10,19-20,22-35,37-40H,7-8,11-12H2/b6-3+/t19-,20-,22-,23+,24-,25-,26-,27-,28-,29+/m0/s1. The Labute approximate surface area is 256 Å². The van der Waals surface area contributed by atoms with Crippen molar-refractivity contribution in [3.63, 3.8) is 0 Å². The number of aliphatic hydroxyl groups is 6. The molecule has 0 amide bonds. The molecule has 2 aromatic rings. The summed E-state index contributed by atoms with van der Waals surface area (Å²) < 4.78 is 28.0. The first-order chi connectivity index (χ1) is 21.4. The zero-order chi connectivity index (χ0) is 32.8. The summed E-state index contributed by atoms with van der Waals surface area (Å²) >= 11 is 0. The lowest BCUT2D eigenvalue weighted by molar-refractivity contribution is -0.360. The summed E-state index contributed by atoms with van der Waals surface area (Å²) in [7, 11) is 0. The molecule has 2 heterocycles. The van der Waals surface area contributed by atoms with Gasteiger partial charge in [-0.2, -0.15) is 0 Å². The van der Waals surface area contributed by atoms with E-state index in [1.807, 2.05) is 0 Å². The maximum absolute atomic E-state index is 12.8. The highest BCUT2D eigenvalue weighted by Crippen LogP contribution is 2.32. The summed E-state index contributed by atoms with van der Waals surface area (Å²) in [6, 6.07) is 7.88. The number of ether oxygens (including phenoxy) is 5. The van der Waals surface area contributed by atoms with Gasteiger partial charge in [0.1, 0.15) is 42.7 Å². The van der Waals surface area contributed by atoms with Crippen molar-refractivity contribution in [3.05, 3.63) is 53.6 Å². The molecule has 2 aromatic carbocycles. The fraction of sp³-hybridized carbons (Fsp3) is 0.483. The number of hydrogen-bond donors (Lipinski definition) is 10. The van der Waals surface area contributed by atoms with E-state index in [4.69, 9.17) is 23.7 Å². The quantitative estimate of drug-likeness (QED) is 0.0720. The van der Waals surface area contributed by atoms with Crippen molar-refractivity contribution in [2.45, 2.75) is 67.8 Å². The summed E-state index contributed by atoms with van der Waals surface area (Å²) in [5, 5.41) is 100. The Bertz CT molecular complexity index is 1320. The summed E-state index contributed by atoms with van der Waals surface area (Å²) in [5.41, 5.74) is 0.870. The number of phenols is 4. The van der Waals surface area contributed by atoms with E-state index in [2.05, 4.69) is 0 Å². The molecule has 0 aliphatic carbocycles. The molecule has 248 valence electrons. The predicted octanol–water partition coefficient (Wildman–Crippen LogP) is -2.04. The molecule has 2 saturated heterocycles. The maximum Gasteiger partial charge on any atom is 0.331 e. The molecule has 10 atom stereocenters. The Kier molecular flexibility index (Phi) is 11.6. The van der Waals surface area contributed by atoms with Gasteiger partial charge in [-0.15, -0.1) is 0 Å². The van der Waals surface area contributed by atoms with E-state index in [0.29, 0.717) is 11.1 Å². The number of phenolic OH excluding ortho intramolecular Hbond substituents is 4. The Morgan fingerprint density at radius 3 is 2.02 bits per heavy atom. The highest BCUT2D eigenvalue weighted by Gasteiger charge is 2.52. The predicted molar refractivity (Wildman–Crippen MR) is 149 cm³/mol. The van der Waals surface area contributed by atoms with Gasteiger partial charge in [-0.1, -0.05) is 12.1 Å². The van der Waals surface area contributed by atoms with Gasteiger partial charge in [0.05, 0.1) is 19.8 Å². The van der Waals surface area contributed by atoms with Gasteiger partial charge in [0.15, 0.2) is 41.7 Å². The first-order valence-corrected chi connectivity index (χ1v) is 13.9. The van der Waals surface area contributed by atoms with E-state index < -0.39 is 86.3 Å². The Hall–Kier alpha value is -3.55. The van der Waals surface area contributed by atoms with Gasteiger partial charge in [-0.3, -0.25) is 0 Å². The number of benzene rings is 2. The van der Waals surface area contributed by atoms with Crippen LogP contribution in [0, 0.1) is 0 Å². The third kappa shape index (κ3) is 8.19. The largest absolute Gasteiger partial charge is 0.504 e. The van der Waals surface area contributed by atoms with Crippen molar-refractivity contribution in [2.24, 2.45) is 0 Å². The van der Waals surface area contributed by atoms with Crippen LogP contribution < -0.4 is 0 Å². The number of carbonyl (C=O) groups excluding carboxylic acids is 1. The van der Waals surface area contributed by atoms with Crippen LogP contribution in [0.2, 0.25) is 0 Å². The Morgan fingerprint density at radius 2 is 1.38 bits per heavy atom.